The van der Waals surface area contributed by atoms with E-state index in [9.17, 15) is 16.8 Å². The van der Waals surface area contributed by atoms with Crippen molar-refractivity contribution in [2.75, 3.05) is 0 Å². The van der Waals surface area contributed by atoms with Gasteiger partial charge in [0.15, 0.2) is 0 Å². The van der Waals surface area contributed by atoms with Crippen LogP contribution in [0.3, 0.4) is 0 Å². The number of furan rings is 1. The highest BCUT2D eigenvalue weighted by Gasteiger charge is 2.27. The second-order valence-corrected chi connectivity index (χ2v) is 9.24. The molecule has 0 amide bonds. The van der Waals surface area contributed by atoms with Crippen LogP contribution < -0.4 is 4.72 Å². The predicted molar refractivity (Wildman–Crippen MR) is 95.7 cm³/mol. The zero-order valence-electron chi connectivity index (χ0n) is 14.2. The fourth-order valence-corrected chi connectivity index (χ4v) is 5.67. The van der Waals surface area contributed by atoms with Crippen molar-refractivity contribution in [3.05, 3.63) is 71.9 Å². The standard InChI is InChI=1S/C17H18N2O5S2/c1-13-11-17(25(20,21)18-12-15-7-6-10-24-15)14(2)19(13)26(22,23)16-8-4-3-5-9-16/h3-11,18H,12H2,1-2H3. The van der Waals surface area contributed by atoms with Gasteiger partial charge in [0.2, 0.25) is 10.0 Å². The van der Waals surface area contributed by atoms with Gasteiger partial charge >= 0.3 is 0 Å². The Morgan fingerprint density at radius 2 is 1.69 bits per heavy atom. The zero-order chi connectivity index (χ0) is 18.9. The van der Waals surface area contributed by atoms with Crippen molar-refractivity contribution in [1.82, 2.24) is 8.69 Å². The Morgan fingerprint density at radius 1 is 1.00 bits per heavy atom. The third-order valence-corrected chi connectivity index (χ3v) is 7.34. The molecule has 0 spiro atoms. The molecule has 0 saturated heterocycles. The van der Waals surface area contributed by atoms with Gasteiger partial charge in [-0.2, -0.15) is 0 Å². The molecule has 0 radical (unpaired) electrons. The molecule has 9 heteroatoms. The average molecular weight is 394 g/mol. The molecule has 0 aliphatic carbocycles. The van der Waals surface area contributed by atoms with Crippen LogP contribution in [-0.2, 0) is 26.6 Å². The quantitative estimate of drug-likeness (QED) is 0.692. The van der Waals surface area contributed by atoms with Gasteiger partial charge in [-0.05, 0) is 44.2 Å². The van der Waals surface area contributed by atoms with E-state index in [-0.39, 0.29) is 22.0 Å². The van der Waals surface area contributed by atoms with Gasteiger partial charge in [0.25, 0.3) is 10.0 Å². The summed E-state index contributed by atoms with van der Waals surface area (Å²) in [5.74, 6) is 0.458. The summed E-state index contributed by atoms with van der Waals surface area (Å²) < 4.78 is 59.6. The largest absolute Gasteiger partial charge is 0.468 e. The van der Waals surface area contributed by atoms with Crippen LogP contribution in [0.5, 0.6) is 0 Å². The Bertz CT molecular complexity index is 1110. The summed E-state index contributed by atoms with van der Waals surface area (Å²) in [6.07, 6.45) is 1.45. The lowest BCUT2D eigenvalue weighted by atomic mass is 10.4. The SMILES string of the molecule is Cc1cc(S(=O)(=O)NCc2ccco2)c(C)n1S(=O)(=O)c1ccccc1. The molecule has 26 heavy (non-hydrogen) atoms. The zero-order valence-corrected chi connectivity index (χ0v) is 15.8. The topological polar surface area (TPSA) is 98.4 Å². The van der Waals surface area contributed by atoms with E-state index in [1.54, 1.807) is 37.3 Å². The van der Waals surface area contributed by atoms with E-state index in [0.717, 1.165) is 3.97 Å². The van der Waals surface area contributed by atoms with Crippen LogP contribution in [0, 0.1) is 13.8 Å². The molecule has 138 valence electrons. The Balaban J connectivity index is 2.00. The fraction of sp³-hybridized carbons (Fsp3) is 0.176. The summed E-state index contributed by atoms with van der Waals surface area (Å²) in [5.41, 5.74) is 0.433. The minimum Gasteiger partial charge on any atom is -0.468 e. The number of sulfonamides is 1. The van der Waals surface area contributed by atoms with E-state index in [1.807, 2.05) is 0 Å². The maximum Gasteiger partial charge on any atom is 0.268 e. The van der Waals surface area contributed by atoms with E-state index in [2.05, 4.69) is 4.72 Å². The van der Waals surface area contributed by atoms with Crippen LogP contribution in [-0.4, -0.2) is 20.8 Å². The van der Waals surface area contributed by atoms with Crippen LogP contribution >= 0.6 is 0 Å². The number of rotatable bonds is 6. The van der Waals surface area contributed by atoms with Crippen LogP contribution in [0.4, 0.5) is 0 Å². The van der Waals surface area contributed by atoms with E-state index >= 15 is 0 Å². The van der Waals surface area contributed by atoms with Crippen molar-refractivity contribution >= 4 is 20.0 Å². The molecule has 0 bridgehead atoms. The minimum atomic E-state index is -3.91. The van der Waals surface area contributed by atoms with Gasteiger partial charge in [-0.15, -0.1) is 0 Å². The van der Waals surface area contributed by atoms with Gasteiger partial charge in [-0.3, -0.25) is 0 Å². The number of hydrogen-bond donors (Lipinski definition) is 1. The van der Waals surface area contributed by atoms with Gasteiger partial charge in [0.05, 0.1) is 23.4 Å². The second-order valence-electron chi connectivity index (χ2n) is 5.72. The Kier molecular flexibility index (Phi) is 4.78. The third kappa shape index (κ3) is 3.33. The monoisotopic (exact) mass is 394 g/mol. The van der Waals surface area contributed by atoms with Gasteiger partial charge in [-0.25, -0.2) is 25.5 Å². The lowest BCUT2D eigenvalue weighted by Gasteiger charge is -2.11. The molecule has 2 aromatic heterocycles. The molecule has 0 fully saturated rings. The normalized spacial score (nSPS) is 12.4. The van der Waals surface area contributed by atoms with Gasteiger partial charge < -0.3 is 4.42 Å². The maximum atomic E-state index is 12.9. The van der Waals surface area contributed by atoms with Gasteiger partial charge in [0.1, 0.15) is 10.7 Å². The average Bonchev–Trinajstić information content (AvgIpc) is 3.22. The number of benzene rings is 1. The van der Waals surface area contributed by atoms with Crippen molar-refractivity contribution in [1.29, 1.82) is 0 Å². The second kappa shape index (κ2) is 6.75. The smallest absolute Gasteiger partial charge is 0.268 e. The first kappa shape index (κ1) is 18.4. The highest BCUT2D eigenvalue weighted by atomic mass is 32.2. The highest BCUT2D eigenvalue weighted by molar-refractivity contribution is 7.90. The summed E-state index contributed by atoms with van der Waals surface area (Å²) in [6, 6.07) is 12.5. The fourth-order valence-electron chi connectivity index (χ4n) is 2.71. The van der Waals surface area contributed by atoms with Crippen molar-refractivity contribution in [2.45, 2.75) is 30.2 Å². The molecule has 3 rings (SSSR count). The van der Waals surface area contributed by atoms with Crippen molar-refractivity contribution < 1.29 is 21.3 Å². The molecular weight excluding hydrogens is 376 g/mol. The molecule has 1 N–H and O–H groups in total. The lowest BCUT2D eigenvalue weighted by molar-refractivity contribution is 0.498. The molecule has 0 aliphatic rings. The molecule has 2 heterocycles. The predicted octanol–water partition coefficient (Wildman–Crippen LogP) is 2.41. The van der Waals surface area contributed by atoms with Crippen LogP contribution in [0.1, 0.15) is 17.1 Å². The summed E-state index contributed by atoms with van der Waals surface area (Å²) in [6.45, 7) is 3.00. The summed E-state index contributed by atoms with van der Waals surface area (Å²) in [7, 11) is -7.80. The summed E-state index contributed by atoms with van der Waals surface area (Å²) in [5, 5.41) is 0. The third-order valence-electron chi connectivity index (χ3n) is 3.91. The maximum absolute atomic E-state index is 12.9. The van der Waals surface area contributed by atoms with Gasteiger partial charge in [0, 0.05) is 5.69 Å². The lowest BCUT2D eigenvalue weighted by Crippen LogP contribution is -2.24. The number of hydrogen-bond acceptors (Lipinski definition) is 5. The van der Waals surface area contributed by atoms with Crippen LogP contribution in [0.2, 0.25) is 0 Å². The Hall–Kier alpha value is -2.36. The van der Waals surface area contributed by atoms with Crippen molar-refractivity contribution in [2.24, 2.45) is 0 Å². The summed E-state index contributed by atoms with van der Waals surface area (Å²) in [4.78, 5) is 0.00959. The van der Waals surface area contributed by atoms with Crippen molar-refractivity contribution in [3.8, 4) is 0 Å². The molecule has 3 aromatic rings. The first-order valence-corrected chi connectivity index (χ1v) is 10.7. The Morgan fingerprint density at radius 3 is 2.31 bits per heavy atom. The van der Waals surface area contributed by atoms with E-state index in [1.165, 1.54) is 31.4 Å². The molecule has 7 nitrogen and oxygen atoms in total. The molecular formula is C17H18N2O5S2. The number of aryl methyl sites for hydroxylation is 1. The minimum absolute atomic E-state index is 0.0234. The summed E-state index contributed by atoms with van der Waals surface area (Å²) >= 11 is 0. The molecule has 0 unspecified atom stereocenters. The number of nitrogens with one attached hydrogen (secondary N) is 1. The molecule has 0 aliphatic heterocycles. The van der Waals surface area contributed by atoms with Crippen LogP contribution in [0.25, 0.3) is 0 Å². The van der Waals surface area contributed by atoms with E-state index in [4.69, 9.17) is 4.42 Å². The van der Waals surface area contributed by atoms with Crippen LogP contribution in [0.15, 0.2) is 69.0 Å². The van der Waals surface area contributed by atoms with Gasteiger partial charge in [-0.1, -0.05) is 18.2 Å². The number of nitrogens with zero attached hydrogens (tertiary/aromatic N) is 1. The highest BCUT2D eigenvalue weighted by Crippen LogP contribution is 2.25. The number of aromatic nitrogens is 1. The molecule has 0 atom stereocenters. The van der Waals surface area contributed by atoms with E-state index in [0.29, 0.717) is 11.5 Å². The first-order chi connectivity index (χ1) is 12.2. The molecule has 1 aromatic carbocycles. The first-order valence-electron chi connectivity index (χ1n) is 7.75. The molecule has 0 saturated carbocycles. The van der Waals surface area contributed by atoms with Crippen molar-refractivity contribution in [3.63, 3.8) is 0 Å². The van der Waals surface area contributed by atoms with E-state index < -0.39 is 20.0 Å². The Labute approximate surface area is 152 Å².